The number of aryl methyl sites for hydroxylation is 1. The van der Waals surface area contributed by atoms with Gasteiger partial charge in [0.2, 0.25) is 5.89 Å². The predicted octanol–water partition coefficient (Wildman–Crippen LogP) is 1.92. The number of nitrogens with zero attached hydrogens (tertiary/aromatic N) is 3. The maximum absolute atomic E-state index is 5.55. The lowest BCUT2D eigenvalue weighted by atomic mass is 10.5. The average molecular weight is 245 g/mol. The summed E-state index contributed by atoms with van der Waals surface area (Å²) in [4.78, 5) is 4.12. The van der Waals surface area contributed by atoms with E-state index in [4.69, 9.17) is 16.0 Å². The monoisotopic (exact) mass is 244 g/mol. The van der Waals surface area contributed by atoms with Gasteiger partial charge in [-0.05, 0) is 0 Å². The van der Waals surface area contributed by atoms with E-state index in [0.717, 1.165) is 5.69 Å². The molecule has 5 nitrogen and oxygen atoms in total. The van der Waals surface area contributed by atoms with Gasteiger partial charge in [-0.3, -0.25) is 0 Å². The van der Waals surface area contributed by atoms with Gasteiger partial charge in [0.1, 0.15) is 0 Å². The largest absolute Gasteiger partial charge is 0.408 e. The zero-order chi connectivity index (χ0) is 10.5. The highest BCUT2D eigenvalue weighted by molar-refractivity contribution is 7.07. The highest BCUT2D eigenvalue weighted by Gasteiger charge is 2.04. The fourth-order valence-corrected chi connectivity index (χ4v) is 1.72. The number of thiazole rings is 1. The zero-order valence-electron chi connectivity index (χ0n) is 7.81. The summed E-state index contributed by atoms with van der Waals surface area (Å²) < 4.78 is 5.28. The van der Waals surface area contributed by atoms with E-state index in [2.05, 4.69) is 20.5 Å². The van der Waals surface area contributed by atoms with Crippen LogP contribution in [0.15, 0.2) is 15.3 Å². The highest BCUT2D eigenvalue weighted by Crippen LogP contribution is 2.09. The van der Waals surface area contributed by atoms with Crippen molar-refractivity contribution in [3.8, 4) is 0 Å². The molecule has 0 amide bonds. The molecule has 0 spiro atoms. The Morgan fingerprint density at radius 2 is 2.40 bits per heavy atom. The van der Waals surface area contributed by atoms with Crippen LogP contribution in [0.3, 0.4) is 0 Å². The summed E-state index contributed by atoms with van der Waals surface area (Å²) in [5.41, 5.74) is 2.74. The van der Waals surface area contributed by atoms with Crippen LogP contribution < -0.4 is 5.32 Å². The van der Waals surface area contributed by atoms with Gasteiger partial charge in [-0.15, -0.1) is 28.0 Å². The van der Waals surface area contributed by atoms with Crippen LogP contribution in [0.2, 0.25) is 0 Å². The van der Waals surface area contributed by atoms with Crippen molar-refractivity contribution in [3.05, 3.63) is 22.5 Å². The van der Waals surface area contributed by atoms with Gasteiger partial charge >= 0.3 is 6.01 Å². The minimum Gasteiger partial charge on any atom is -0.408 e. The van der Waals surface area contributed by atoms with Crippen molar-refractivity contribution in [2.75, 3.05) is 11.2 Å². The van der Waals surface area contributed by atoms with Crippen molar-refractivity contribution in [3.63, 3.8) is 0 Å². The van der Waals surface area contributed by atoms with Gasteiger partial charge < -0.3 is 9.73 Å². The van der Waals surface area contributed by atoms with Crippen molar-refractivity contribution in [1.29, 1.82) is 0 Å². The molecule has 0 fully saturated rings. The molecular formula is C8H9ClN4OS. The fourth-order valence-electron chi connectivity index (χ4n) is 0.998. The summed E-state index contributed by atoms with van der Waals surface area (Å²) in [6.07, 6.45) is 0.590. The second-order valence-corrected chi connectivity index (χ2v) is 3.87. The van der Waals surface area contributed by atoms with Crippen LogP contribution in [-0.4, -0.2) is 21.1 Å². The van der Waals surface area contributed by atoms with E-state index in [1.54, 1.807) is 16.8 Å². The third-order valence-electron chi connectivity index (χ3n) is 1.68. The maximum Gasteiger partial charge on any atom is 0.315 e. The van der Waals surface area contributed by atoms with Crippen LogP contribution >= 0.6 is 22.9 Å². The second kappa shape index (κ2) is 5.09. The molecule has 0 bridgehead atoms. The molecule has 0 unspecified atom stereocenters. The Morgan fingerprint density at radius 3 is 3.13 bits per heavy atom. The van der Waals surface area contributed by atoms with Crippen molar-refractivity contribution in [1.82, 2.24) is 15.2 Å². The van der Waals surface area contributed by atoms with E-state index in [-0.39, 0.29) is 0 Å². The molecule has 0 aromatic carbocycles. The number of alkyl halides is 1. The fraction of sp³-hybridized carbons (Fsp3) is 0.375. The van der Waals surface area contributed by atoms with E-state index in [0.29, 0.717) is 30.8 Å². The Labute approximate surface area is 95.5 Å². The van der Waals surface area contributed by atoms with Gasteiger partial charge in [0.15, 0.2) is 0 Å². The SMILES string of the molecule is ClCCc1nnc(NCc2cscn2)o1. The first-order valence-corrected chi connectivity index (χ1v) is 5.85. The molecule has 2 aromatic rings. The maximum atomic E-state index is 5.55. The first-order valence-electron chi connectivity index (χ1n) is 4.38. The molecule has 0 atom stereocenters. The molecule has 2 rings (SSSR count). The number of nitrogens with one attached hydrogen (secondary N) is 1. The number of rotatable bonds is 5. The van der Waals surface area contributed by atoms with Gasteiger partial charge in [0, 0.05) is 17.7 Å². The van der Waals surface area contributed by atoms with Crippen LogP contribution in [0.5, 0.6) is 0 Å². The molecule has 0 saturated carbocycles. The molecule has 0 radical (unpaired) electrons. The summed E-state index contributed by atoms with van der Waals surface area (Å²) in [5, 5.41) is 12.6. The molecule has 0 aliphatic carbocycles. The molecule has 15 heavy (non-hydrogen) atoms. The van der Waals surface area contributed by atoms with Gasteiger partial charge in [-0.1, -0.05) is 5.10 Å². The Kier molecular flexibility index (Phi) is 3.52. The predicted molar refractivity (Wildman–Crippen MR) is 58.2 cm³/mol. The Bertz CT molecular complexity index is 402. The van der Waals surface area contributed by atoms with E-state index < -0.39 is 0 Å². The smallest absolute Gasteiger partial charge is 0.315 e. The Balaban J connectivity index is 1.88. The van der Waals surface area contributed by atoms with Crippen LogP contribution in [0.4, 0.5) is 6.01 Å². The minimum atomic E-state index is 0.406. The molecule has 2 heterocycles. The van der Waals surface area contributed by atoms with Gasteiger partial charge in [0.25, 0.3) is 0 Å². The topological polar surface area (TPSA) is 63.8 Å². The summed E-state index contributed by atoms with van der Waals surface area (Å²) >= 11 is 7.10. The summed E-state index contributed by atoms with van der Waals surface area (Å²) in [6, 6.07) is 0.406. The van der Waals surface area contributed by atoms with Crippen molar-refractivity contribution in [2.24, 2.45) is 0 Å². The number of aromatic nitrogens is 3. The second-order valence-electron chi connectivity index (χ2n) is 2.77. The van der Waals surface area contributed by atoms with Crippen LogP contribution in [0.1, 0.15) is 11.6 Å². The van der Waals surface area contributed by atoms with Crippen LogP contribution in [0, 0.1) is 0 Å². The Hall–Kier alpha value is -1.14. The first kappa shape index (κ1) is 10.4. The molecule has 80 valence electrons. The van der Waals surface area contributed by atoms with Crippen LogP contribution in [-0.2, 0) is 13.0 Å². The molecule has 1 N–H and O–H groups in total. The van der Waals surface area contributed by atoms with E-state index in [1.165, 1.54) is 0 Å². The first-order chi connectivity index (χ1) is 7.38. The number of anilines is 1. The standard InChI is InChI=1S/C8H9ClN4OS/c9-2-1-7-12-13-8(14-7)10-3-6-4-15-5-11-6/h4-5H,1-3H2,(H,10,13). The van der Waals surface area contributed by atoms with Gasteiger partial charge in [-0.25, -0.2) is 4.98 Å². The molecule has 7 heteroatoms. The van der Waals surface area contributed by atoms with Crippen molar-refractivity contribution in [2.45, 2.75) is 13.0 Å². The lowest BCUT2D eigenvalue weighted by Crippen LogP contribution is -1.99. The van der Waals surface area contributed by atoms with E-state index in [9.17, 15) is 0 Å². The number of halogens is 1. The zero-order valence-corrected chi connectivity index (χ0v) is 9.38. The van der Waals surface area contributed by atoms with E-state index in [1.807, 2.05) is 5.38 Å². The highest BCUT2D eigenvalue weighted by atomic mass is 35.5. The van der Waals surface area contributed by atoms with Crippen molar-refractivity contribution < 1.29 is 4.42 Å². The lowest BCUT2D eigenvalue weighted by Gasteiger charge is -1.96. The summed E-state index contributed by atoms with van der Waals surface area (Å²) in [5.74, 6) is 1.03. The van der Waals surface area contributed by atoms with E-state index >= 15 is 0 Å². The number of hydrogen-bond acceptors (Lipinski definition) is 6. The van der Waals surface area contributed by atoms with Gasteiger partial charge in [0.05, 0.1) is 17.7 Å². The average Bonchev–Trinajstić information content (AvgIpc) is 2.85. The summed E-state index contributed by atoms with van der Waals surface area (Å²) in [7, 11) is 0. The molecule has 0 saturated heterocycles. The lowest BCUT2D eigenvalue weighted by molar-refractivity contribution is 0.512. The Morgan fingerprint density at radius 1 is 1.47 bits per heavy atom. The van der Waals surface area contributed by atoms with Gasteiger partial charge in [-0.2, -0.15) is 0 Å². The van der Waals surface area contributed by atoms with Crippen LogP contribution in [0.25, 0.3) is 0 Å². The van der Waals surface area contributed by atoms with Crippen molar-refractivity contribution >= 4 is 29.0 Å². The summed E-state index contributed by atoms with van der Waals surface area (Å²) in [6.45, 7) is 0.589. The minimum absolute atomic E-state index is 0.406. The normalized spacial score (nSPS) is 10.5. The quantitative estimate of drug-likeness (QED) is 0.814. The number of hydrogen-bond donors (Lipinski definition) is 1. The molecular weight excluding hydrogens is 236 g/mol. The molecule has 0 aliphatic heterocycles. The third-order valence-corrected chi connectivity index (χ3v) is 2.50. The molecule has 2 aromatic heterocycles. The molecule has 0 aliphatic rings. The third kappa shape index (κ3) is 2.90.